The lowest BCUT2D eigenvalue weighted by atomic mass is 9.92. The first-order valence-electron chi connectivity index (χ1n) is 12.0. The number of urea groups is 1. The maximum atomic E-state index is 12.9. The van der Waals surface area contributed by atoms with Crippen LogP contribution >= 0.6 is 0 Å². The van der Waals surface area contributed by atoms with Gasteiger partial charge in [0.05, 0.1) is 26.0 Å². The van der Waals surface area contributed by atoms with Gasteiger partial charge >= 0.3 is 6.03 Å². The number of carbonyl (C=O) groups is 1. The third-order valence-corrected chi connectivity index (χ3v) is 6.54. The number of piperazine rings is 1. The van der Waals surface area contributed by atoms with Gasteiger partial charge in [0.15, 0.2) is 11.5 Å². The van der Waals surface area contributed by atoms with E-state index in [0.29, 0.717) is 17.9 Å². The lowest BCUT2D eigenvalue weighted by Crippen LogP contribution is -2.43. The van der Waals surface area contributed by atoms with Gasteiger partial charge in [-0.05, 0) is 42.7 Å². The van der Waals surface area contributed by atoms with Crippen LogP contribution < -0.4 is 25.0 Å². The summed E-state index contributed by atoms with van der Waals surface area (Å²) in [6, 6.07) is 12.2. The van der Waals surface area contributed by atoms with Gasteiger partial charge in [-0.25, -0.2) is 9.80 Å². The van der Waals surface area contributed by atoms with Gasteiger partial charge in [0.2, 0.25) is 0 Å². The molecule has 0 aliphatic carbocycles. The molecule has 8 heteroatoms. The average molecular weight is 466 g/mol. The molecule has 2 amide bonds. The van der Waals surface area contributed by atoms with E-state index in [-0.39, 0.29) is 12.1 Å². The quantitative estimate of drug-likeness (QED) is 0.685. The van der Waals surface area contributed by atoms with Crippen molar-refractivity contribution >= 4 is 17.4 Å². The van der Waals surface area contributed by atoms with Crippen molar-refractivity contribution in [1.82, 2.24) is 15.6 Å². The monoisotopic (exact) mass is 465 g/mol. The molecule has 2 aromatic rings. The molecule has 4 rings (SSSR count). The molecule has 0 saturated carbocycles. The van der Waals surface area contributed by atoms with Crippen LogP contribution in [0.25, 0.3) is 0 Å². The number of methoxy groups -OCH3 is 2. The van der Waals surface area contributed by atoms with E-state index in [0.717, 1.165) is 61.4 Å². The Bertz CT molecular complexity index is 1030. The lowest BCUT2D eigenvalue weighted by molar-refractivity contribution is 0.175. The van der Waals surface area contributed by atoms with Crippen molar-refractivity contribution in [3.05, 3.63) is 53.1 Å². The SMILES string of the molecule is CCC[C@@H]1Cc2cc(OC)c(OC)cc2C(c2ccc(N3CCNCC3)cc2)=NN1C(=O)NC. The summed E-state index contributed by atoms with van der Waals surface area (Å²) in [7, 11) is 4.93. The molecule has 2 heterocycles. The van der Waals surface area contributed by atoms with Crippen LogP contribution in [-0.2, 0) is 6.42 Å². The van der Waals surface area contributed by atoms with Gasteiger partial charge in [0.1, 0.15) is 0 Å². The maximum absolute atomic E-state index is 12.9. The largest absolute Gasteiger partial charge is 0.493 e. The molecule has 0 unspecified atom stereocenters. The number of rotatable bonds is 6. The second kappa shape index (κ2) is 10.8. The number of benzene rings is 2. The number of hydrogen-bond acceptors (Lipinski definition) is 6. The van der Waals surface area contributed by atoms with E-state index < -0.39 is 0 Å². The number of carbonyl (C=O) groups excluding carboxylic acids is 1. The fourth-order valence-corrected chi connectivity index (χ4v) is 4.74. The Morgan fingerprint density at radius 1 is 1.12 bits per heavy atom. The highest BCUT2D eigenvalue weighted by molar-refractivity contribution is 6.14. The number of nitrogens with zero attached hydrogens (tertiary/aromatic N) is 3. The van der Waals surface area contributed by atoms with Gasteiger partial charge in [0.25, 0.3) is 0 Å². The van der Waals surface area contributed by atoms with Crippen molar-refractivity contribution in [2.75, 3.05) is 52.3 Å². The van der Waals surface area contributed by atoms with Gasteiger partial charge in [-0.3, -0.25) is 0 Å². The topological polar surface area (TPSA) is 78.4 Å². The van der Waals surface area contributed by atoms with Crippen molar-refractivity contribution in [3.63, 3.8) is 0 Å². The summed E-state index contributed by atoms with van der Waals surface area (Å²) >= 11 is 0. The molecule has 182 valence electrons. The predicted molar refractivity (Wildman–Crippen MR) is 135 cm³/mol. The van der Waals surface area contributed by atoms with Crippen LogP contribution in [0.1, 0.15) is 36.5 Å². The van der Waals surface area contributed by atoms with Crippen molar-refractivity contribution in [2.24, 2.45) is 5.10 Å². The molecule has 2 aliphatic heterocycles. The minimum atomic E-state index is -0.208. The second-order valence-corrected chi connectivity index (χ2v) is 8.64. The standard InChI is InChI=1S/C26H35N5O3/c1-5-6-21-15-19-16-23(33-3)24(34-4)17-22(19)25(29-31(21)26(32)27-2)18-7-9-20(10-8-18)30-13-11-28-12-14-30/h7-10,16-17,21,28H,5-6,11-15H2,1-4H3,(H,27,32)/t21-/m1/s1. The van der Waals surface area contributed by atoms with Gasteiger partial charge in [-0.1, -0.05) is 25.5 Å². The van der Waals surface area contributed by atoms with Gasteiger partial charge in [-0.2, -0.15) is 5.10 Å². The Kier molecular flexibility index (Phi) is 7.57. The first-order valence-corrected chi connectivity index (χ1v) is 12.0. The molecule has 2 N–H and O–H groups in total. The van der Waals surface area contributed by atoms with Crippen molar-refractivity contribution in [2.45, 2.75) is 32.2 Å². The maximum Gasteiger partial charge on any atom is 0.337 e. The Morgan fingerprint density at radius 3 is 2.41 bits per heavy atom. The normalized spacial score (nSPS) is 18.0. The molecule has 2 aliphatic rings. The number of anilines is 1. The summed E-state index contributed by atoms with van der Waals surface area (Å²) < 4.78 is 11.2. The Balaban J connectivity index is 1.82. The van der Waals surface area contributed by atoms with Crippen LogP contribution in [-0.4, -0.2) is 70.2 Å². The fraction of sp³-hybridized carbons (Fsp3) is 0.462. The molecule has 34 heavy (non-hydrogen) atoms. The average Bonchev–Trinajstić information content (AvgIpc) is 3.04. The van der Waals surface area contributed by atoms with Crippen LogP contribution in [0.15, 0.2) is 41.5 Å². The molecule has 2 aromatic carbocycles. The minimum Gasteiger partial charge on any atom is -0.493 e. The van der Waals surface area contributed by atoms with Crippen LogP contribution in [0.3, 0.4) is 0 Å². The molecule has 1 saturated heterocycles. The van der Waals surface area contributed by atoms with E-state index in [4.69, 9.17) is 14.6 Å². The summed E-state index contributed by atoms with van der Waals surface area (Å²) in [5, 5.41) is 12.7. The highest BCUT2D eigenvalue weighted by Crippen LogP contribution is 2.35. The number of hydrazone groups is 1. The number of amides is 2. The Labute approximate surface area is 201 Å². The van der Waals surface area contributed by atoms with Crippen molar-refractivity contribution < 1.29 is 14.3 Å². The van der Waals surface area contributed by atoms with Crippen LogP contribution in [0.2, 0.25) is 0 Å². The first-order chi connectivity index (χ1) is 16.6. The van der Waals surface area contributed by atoms with Crippen molar-refractivity contribution in [1.29, 1.82) is 0 Å². The van der Waals surface area contributed by atoms with Crippen molar-refractivity contribution in [3.8, 4) is 11.5 Å². The van der Waals surface area contributed by atoms with Gasteiger partial charge in [0, 0.05) is 50.0 Å². The highest BCUT2D eigenvalue weighted by atomic mass is 16.5. The number of ether oxygens (including phenoxy) is 2. The summed E-state index contributed by atoms with van der Waals surface area (Å²) in [5.41, 5.74) is 4.95. The molecule has 8 nitrogen and oxygen atoms in total. The molecule has 1 fully saturated rings. The summed E-state index contributed by atoms with van der Waals surface area (Å²) in [6.07, 6.45) is 2.48. The number of nitrogens with one attached hydrogen (secondary N) is 2. The van der Waals surface area contributed by atoms with E-state index in [1.165, 1.54) is 5.69 Å². The lowest BCUT2D eigenvalue weighted by Gasteiger charge is -2.29. The van der Waals surface area contributed by atoms with Gasteiger partial charge < -0.3 is 25.0 Å². The van der Waals surface area contributed by atoms with Crippen LogP contribution in [0, 0.1) is 0 Å². The van der Waals surface area contributed by atoms with E-state index in [9.17, 15) is 4.79 Å². The van der Waals surface area contributed by atoms with E-state index >= 15 is 0 Å². The van der Waals surface area contributed by atoms with Crippen LogP contribution in [0.4, 0.5) is 10.5 Å². The van der Waals surface area contributed by atoms with E-state index in [2.05, 4.69) is 46.7 Å². The number of fused-ring (bicyclic) bond motifs is 1. The minimum absolute atomic E-state index is 0.0561. The zero-order valence-corrected chi connectivity index (χ0v) is 20.6. The molecule has 0 bridgehead atoms. The summed E-state index contributed by atoms with van der Waals surface area (Å²) in [5.74, 6) is 1.32. The smallest absolute Gasteiger partial charge is 0.337 e. The molecule has 1 atom stereocenters. The third-order valence-electron chi connectivity index (χ3n) is 6.54. The predicted octanol–water partition coefficient (Wildman–Crippen LogP) is 3.23. The first kappa shape index (κ1) is 23.9. The highest BCUT2D eigenvalue weighted by Gasteiger charge is 2.30. The zero-order chi connectivity index (χ0) is 24.1. The van der Waals surface area contributed by atoms with Gasteiger partial charge in [-0.15, -0.1) is 0 Å². The molecular formula is C26H35N5O3. The molecule has 0 radical (unpaired) electrons. The molecule has 0 aromatic heterocycles. The number of hydrogen-bond donors (Lipinski definition) is 2. The Morgan fingerprint density at radius 2 is 1.79 bits per heavy atom. The van der Waals surface area contributed by atoms with E-state index in [1.807, 2.05) is 12.1 Å². The third kappa shape index (κ3) is 4.82. The fourth-order valence-electron chi connectivity index (χ4n) is 4.74. The second-order valence-electron chi connectivity index (χ2n) is 8.64. The Hall–Kier alpha value is -3.26. The zero-order valence-electron chi connectivity index (χ0n) is 20.6. The van der Waals surface area contributed by atoms with Crippen LogP contribution in [0.5, 0.6) is 11.5 Å². The molecule has 0 spiro atoms. The molecular weight excluding hydrogens is 430 g/mol. The van der Waals surface area contributed by atoms with E-state index in [1.54, 1.807) is 26.3 Å². The summed E-state index contributed by atoms with van der Waals surface area (Å²) in [6.45, 7) is 6.08. The summed E-state index contributed by atoms with van der Waals surface area (Å²) in [4.78, 5) is 15.3.